The van der Waals surface area contributed by atoms with Crippen LogP contribution in [-0.4, -0.2) is 71.0 Å². The average Bonchev–Trinajstić information content (AvgIpc) is 3.38. The van der Waals surface area contributed by atoms with Crippen LogP contribution in [0.15, 0.2) is 53.5 Å². The molecule has 2 fully saturated rings. The highest BCUT2D eigenvalue weighted by atomic mass is 16.8. The molecule has 3 heterocycles. The summed E-state index contributed by atoms with van der Waals surface area (Å²) in [4.78, 5) is 39.2. The summed E-state index contributed by atoms with van der Waals surface area (Å²) < 4.78 is 24.5. The Morgan fingerprint density at radius 1 is 1.17 bits per heavy atom. The molecular weight excluding hydrogens is 460 g/mol. The van der Waals surface area contributed by atoms with Crippen molar-refractivity contribution < 1.29 is 33.6 Å². The molecular formula is C23H26N4O8. The molecule has 12 nitrogen and oxygen atoms in total. The fourth-order valence-corrected chi connectivity index (χ4v) is 3.82. The molecule has 0 saturated carbocycles. The van der Waals surface area contributed by atoms with Gasteiger partial charge in [0.1, 0.15) is 30.7 Å². The Hall–Kier alpha value is -3.58. The number of anilines is 1. The van der Waals surface area contributed by atoms with Gasteiger partial charge in [0, 0.05) is 12.7 Å². The smallest absolute Gasteiger partial charge is 0.351 e. The topological polar surface area (TPSA) is 150 Å². The van der Waals surface area contributed by atoms with E-state index in [0.29, 0.717) is 6.54 Å². The molecule has 2 aliphatic rings. The van der Waals surface area contributed by atoms with Gasteiger partial charge in [-0.05, 0) is 24.6 Å². The van der Waals surface area contributed by atoms with Gasteiger partial charge in [-0.3, -0.25) is 9.88 Å². The summed E-state index contributed by atoms with van der Waals surface area (Å²) in [5.74, 6) is -1.03. The number of benzene rings is 1. The van der Waals surface area contributed by atoms with Crippen LogP contribution >= 0.6 is 0 Å². The van der Waals surface area contributed by atoms with E-state index >= 15 is 0 Å². The van der Waals surface area contributed by atoms with Crippen LogP contribution in [0.4, 0.5) is 10.6 Å². The number of rotatable bonds is 9. The summed E-state index contributed by atoms with van der Waals surface area (Å²) in [6.45, 7) is 1.62. The van der Waals surface area contributed by atoms with Gasteiger partial charge in [0.15, 0.2) is 12.5 Å². The van der Waals surface area contributed by atoms with Gasteiger partial charge in [0.05, 0.1) is 6.61 Å². The fourth-order valence-electron chi connectivity index (χ4n) is 3.82. The predicted molar refractivity (Wildman–Crippen MR) is 123 cm³/mol. The number of carbonyl (C=O) groups excluding carboxylic acids is 1. The maximum Gasteiger partial charge on any atom is 0.351 e. The van der Waals surface area contributed by atoms with Crippen molar-refractivity contribution in [3.05, 3.63) is 64.7 Å². The van der Waals surface area contributed by atoms with Gasteiger partial charge < -0.3 is 29.4 Å². The summed E-state index contributed by atoms with van der Waals surface area (Å²) in [6, 6.07) is 10.6. The zero-order valence-electron chi connectivity index (χ0n) is 18.9. The first-order valence-corrected chi connectivity index (χ1v) is 11.1. The molecule has 2 aliphatic heterocycles. The number of aromatic nitrogens is 2. The lowest BCUT2D eigenvalue weighted by Crippen LogP contribution is -2.35. The number of carboxylic acid groups (broad SMARTS) is 1. The summed E-state index contributed by atoms with van der Waals surface area (Å²) in [5, 5.41) is 13.9. The van der Waals surface area contributed by atoms with Crippen molar-refractivity contribution in [2.24, 2.45) is 0 Å². The number of nitrogens with one attached hydrogen (secondary N) is 2. The molecule has 1 aromatic carbocycles. The quantitative estimate of drug-likeness (QED) is 0.475. The van der Waals surface area contributed by atoms with Crippen LogP contribution in [0.25, 0.3) is 6.08 Å². The molecule has 4 rings (SSSR count). The van der Waals surface area contributed by atoms with E-state index in [1.807, 2.05) is 36.4 Å². The monoisotopic (exact) mass is 486 g/mol. The van der Waals surface area contributed by atoms with Crippen LogP contribution in [0, 0.1) is 0 Å². The van der Waals surface area contributed by atoms with Crippen molar-refractivity contribution in [1.82, 2.24) is 14.9 Å². The zero-order valence-corrected chi connectivity index (χ0v) is 18.9. The third-order valence-electron chi connectivity index (χ3n) is 5.30. The minimum atomic E-state index is -1.11. The van der Waals surface area contributed by atoms with Gasteiger partial charge in [0.25, 0.3) is 0 Å². The van der Waals surface area contributed by atoms with Crippen molar-refractivity contribution in [2.75, 3.05) is 25.1 Å². The first kappa shape index (κ1) is 24.5. The Balaban J connectivity index is 1.51. The van der Waals surface area contributed by atoms with Crippen molar-refractivity contribution >= 4 is 23.9 Å². The first-order chi connectivity index (χ1) is 16.9. The number of fused-ring (bicyclic) bond motifs is 1. The Labute approximate surface area is 200 Å². The number of amides is 2. The highest BCUT2D eigenvalue weighted by Crippen LogP contribution is 2.39. The van der Waals surface area contributed by atoms with E-state index in [9.17, 15) is 14.4 Å². The lowest BCUT2D eigenvalue weighted by molar-refractivity contribution is -0.152. The van der Waals surface area contributed by atoms with E-state index in [4.69, 9.17) is 24.1 Å². The third kappa shape index (κ3) is 6.11. The SMILES string of the molecule is CCNC(=O)Nc1ccn([C@@H]2O[C@H](COCC(=O)O)C3O[C@H](/C=C/c4ccccc4)OC32)c(=O)n1. The molecule has 186 valence electrons. The molecule has 0 bridgehead atoms. The highest BCUT2D eigenvalue weighted by Gasteiger charge is 2.53. The maximum absolute atomic E-state index is 12.7. The van der Waals surface area contributed by atoms with Crippen molar-refractivity contribution in [3.63, 3.8) is 0 Å². The van der Waals surface area contributed by atoms with Gasteiger partial charge in [-0.15, -0.1) is 0 Å². The number of aliphatic carboxylic acids is 1. The Kier molecular flexibility index (Phi) is 7.87. The summed E-state index contributed by atoms with van der Waals surface area (Å²) in [6.07, 6.45) is 1.47. The highest BCUT2D eigenvalue weighted by molar-refractivity contribution is 5.87. The summed E-state index contributed by atoms with van der Waals surface area (Å²) >= 11 is 0. The van der Waals surface area contributed by atoms with Crippen LogP contribution in [0.5, 0.6) is 0 Å². The van der Waals surface area contributed by atoms with Crippen molar-refractivity contribution in [3.8, 4) is 0 Å². The number of carbonyl (C=O) groups is 2. The predicted octanol–water partition coefficient (Wildman–Crippen LogP) is 1.21. The van der Waals surface area contributed by atoms with Crippen LogP contribution < -0.4 is 16.3 Å². The largest absolute Gasteiger partial charge is 0.480 e. The Morgan fingerprint density at radius 3 is 2.66 bits per heavy atom. The van der Waals surface area contributed by atoms with Gasteiger partial charge in [0.2, 0.25) is 0 Å². The van der Waals surface area contributed by atoms with Gasteiger partial charge in [-0.1, -0.05) is 36.4 Å². The van der Waals surface area contributed by atoms with E-state index < -0.39 is 55.1 Å². The molecule has 2 aromatic rings. The van der Waals surface area contributed by atoms with E-state index in [1.54, 1.807) is 13.0 Å². The number of hydrogen-bond donors (Lipinski definition) is 3. The minimum absolute atomic E-state index is 0.0680. The number of ether oxygens (including phenoxy) is 4. The Morgan fingerprint density at radius 2 is 1.94 bits per heavy atom. The van der Waals surface area contributed by atoms with Gasteiger partial charge in [-0.25, -0.2) is 14.4 Å². The molecule has 2 amide bonds. The van der Waals surface area contributed by atoms with Crippen molar-refractivity contribution in [2.45, 2.75) is 37.8 Å². The lowest BCUT2D eigenvalue weighted by Gasteiger charge is -2.20. The molecule has 1 aromatic heterocycles. The normalized spacial score (nSPS) is 25.5. The first-order valence-electron chi connectivity index (χ1n) is 11.1. The second-order valence-electron chi connectivity index (χ2n) is 7.80. The van der Waals surface area contributed by atoms with E-state index in [-0.39, 0.29) is 12.4 Å². The summed E-state index contributed by atoms with van der Waals surface area (Å²) in [5.41, 5.74) is 0.295. The number of urea groups is 1. The minimum Gasteiger partial charge on any atom is -0.480 e. The maximum atomic E-state index is 12.7. The zero-order chi connectivity index (χ0) is 24.8. The number of hydrogen-bond acceptors (Lipinski definition) is 8. The third-order valence-corrected chi connectivity index (χ3v) is 5.30. The molecule has 35 heavy (non-hydrogen) atoms. The number of carboxylic acids is 1. The second kappa shape index (κ2) is 11.2. The molecule has 2 saturated heterocycles. The van der Waals surface area contributed by atoms with Crippen LogP contribution in [0.3, 0.4) is 0 Å². The average molecular weight is 486 g/mol. The molecule has 3 N–H and O–H groups in total. The fraction of sp³-hybridized carbons (Fsp3) is 0.391. The molecule has 5 atom stereocenters. The van der Waals surface area contributed by atoms with Crippen molar-refractivity contribution in [1.29, 1.82) is 0 Å². The standard InChI is InChI=1S/C23H26N4O8/c1-2-24-22(30)25-16-10-11-27(23(31)26-16)21-20-19(15(33-21)12-32-13-17(28)29)34-18(35-20)9-8-14-6-4-3-5-7-14/h3-11,15,18-21H,2,12-13H2,1H3,(H,28,29)(H2,24,25,26,30,31)/b9-8+/t15-,18+,19?,20?,21-/m1/s1. The molecule has 0 radical (unpaired) electrons. The molecule has 12 heteroatoms. The van der Waals surface area contributed by atoms with E-state index in [2.05, 4.69) is 15.6 Å². The van der Waals surface area contributed by atoms with E-state index in [0.717, 1.165) is 5.56 Å². The van der Waals surface area contributed by atoms with E-state index in [1.165, 1.54) is 16.8 Å². The van der Waals surface area contributed by atoms with Gasteiger partial charge >= 0.3 is 17.7 Å². The summed E-state index contributed by atoms with van der Waals surface area (Å²) in [7, 11) is 0. The van der Waals surface area contributed by atoms with Gasteiger partial charge in [-0.2, -0.15) is 4.98 Å². The van der Waals surface area contributed by atoms with Crippen LogP contribution in [0.2, 0.25) is 0 Å². The second-order valence-corrected chi connectivity index (χ2v) is 7.80. The molecule has 2 unspecified atom stereocenters. The Bertz CT molecular complexity index is 1120. The molecule has 0 spiro atoms. The lowest BCUT2D eigenvalue weighted by atomic mass is 10.1. The molecule has 0 aliphatic carbocycles. The number of nitrogens with zero attached hydrogens (tertiary/aromatic N) is 2. The van der Waals surface area contributed by atoms with Crippen LogP contribution in [-0.2, 0) is 23.7 Å². The van der Waals surface area contributed by atoms with Crippen LogP contribution in [0.1, 0.15) is 18.7 Å².